The van der Waals surface area contributed by atoms with Gasteiger partial charge in [0.15, 0.2) is 11.5 Å². The summed E-state index contributed by atoms with van der Waals surface area (Å²) in [6.07, 6.45) is 22.5. The summed E-state index contributed by atoms with van der Waals surface area (Å²) >= 11 is 0. The summed E-state index contributed by atoms with van der Waals surface area (Å²) in [7, 11) is -4.77. The van der Waals surface area contributed by atoms with Gasteiger partial charge in [-0.2, -0.15) is 0 Å². The number of fused-ring (bicyclic) bond motifs is 7. The average Bonchev–Trinajstić information content (AvgIpc) is 3.20. The van der Waals surface area contributed by atoms with Crippen LogP contribution in [0.15, 0.2) is 60.7 Å². The zero-order chi connectivity index (χ0) is 33.2. The average molecular weight is 638 g/mol. The summed E-state index contributed by atoms with van der Waals surface area (Å²) in [5, 5.41) is 3.28. The molecule has 6 heteroatoms. The fourth-order valence-electron chi connectivity index (χ4n) is 6.44. The van der Waals surface area contributed by atoms with Crippen LogP contribution in [0.4, 0.5) is 0 Å². The first-order valence-corrected chi connectivity index (χ1v) is 18.3. The van der Waals surface area contributed by atoms with E-state index in [4.69, 9.17) is 21.9 Å². The standard InChI is InChI=1S/C24H13O4P.C16H36N/c1-3-15-13-17-9-5-7-11-19(17)21-22-20-12-8-6-10-18(20)14-16(4-2)24(22)28-29(25,26)27-23(15)21;1-5-9-13-17(14-10-6-2,15-11-7-3)16-12-8-4/h1-2,5-14H,(H,25,26);5-16H2,1-4H3/q;+1/p-1. The molecular formula is C40H48NO4P. The van der Waals surface area contributed by atoms with Gasteiger partial charge >= 0.3 is 7.82 Å². The number of hydrogen-bond donors (Lipinski definition) is 0. The Labute approximate surface area is 276 Å². The Kier molecular flexibility index (Phi) is 12.4. The number of terminal acetylenes is 2. The molecule has 0 saturated heterocycles. The van der Waals surface area contributed by atoms with Crippen LogP contribution in [0.5, 0.6) is 11.5 Å². The molecule has 5 nitrogen and oxygen atoms in total. The predicted octanol–water partition coefficient (Wildman–Crippen LogP) is 9.87. The monoisotopic (exact) mass is 637 g/mol. The van der Waals surface area contributed by atoms with Gasteiger partial charge in [0.05, 0.1) is 37.3 Å². The molecular weight excluding hydrogens is 589 g/mol. The van der Waals surface area contributed by atoms with Crippen molar-refractivity contribution in [2.45, 2.75) is 79.1 Å². The van der Waals surface area contributed by atoms with E-state index >= 15 is 0 Å². The summed E-state index contributed by atoms with van der Waals surface area (Å²) in [5.41, 5.74) is 1.74. The molecule has 0 radical (unpaired) electrons. The van der Waals surface area contributed by atoms with Gasteiger partial charge in [-0.15, -0.1) is 12.8 Å². The highest BCUT2D eigenvalue weighted by Crippen LogP contribution is 2.57. The molecule has 242 valence electrons. The molecule has 0 unspecified atom stereocenters. The lowest BCUT2D eigenvalue weighted by molar-refractivity contribution is -0.929. The fourth-order valence-corrected chi connectivity index (χ4v) is 7.31. The second kappa shape index (κ2) is 16.2. The van der Waals surface area contributed by atoms with Gasteiger partial charge < -0.3 is 18.4 Å². The van der Waals surface area contributed by atoms with Crippen LogP contribution in [0.2, 0.25) is 0 Å². The molecule has 4 aromatic carbocycles. The second-order valence-corrected chi connectivity index (χ2v) is 13.5. The molecule has 1 heterocycles. The van der Waals surface area contributed by atoms with Crippen LogP contribution >= 0.6 is 7.82 Å². The maximum atomic E-state index is 12.7. The first-order chi connectivity index (χ1) is 22.3. The van der Waals surface area contributed by atoms with Gasteiger partial charge in [0, 0.05) is 11.1 Å². The minimum Gasteiger partial charge on any atom is -0.736 e. The molecule has 0 amide bonds. The van der Waals surface area contributed by atoms with Crippen LogP contribution in [0.3, 0.4) is 0 Å². The molecule has 0 aromatic heterocycles. The topological polar surface area (TPSA) is 58.6 Å². The smallest absolute Gasteiger partial charge is 0.372 e. The Bertz CT molecular complexity index is 1630. The van der Waals surface area contributed by atoms with Gasteiger partial charge in [-0.05, 0) is 59.4 Å². The summed E-state index contributed by atoms with van der Waals surface area (Å²) < 4.78 is 24.8. The largest absolute Gasteiger partial charge is 0.736 e. The zero-order valence-electron chi connectivity index (χ0n) is 27.9. The van der Waals surface area contributed by atoms with Crippen molar-refractivity contribution in [2.24, 2.45) is 0 Å². The van der Waals surface area contributed by atoms with E-state index in [0.717, 1.165) is 21.5 Å². The lowest BCUT2D eigenvalue weighted by Crippen LogP contribution is -2.50. The molecule has 0 spiro atoms. The van der Waals surface area contributed by atoms with E-state index in [-0.39, 0.29) is 11.5 Å². The molecule has 0 bridgehead atoms. The van der Waals surface area contributed by atoms with Crippen LogP contribution < -0.4 is 13.9 Å². The normalized spacial score (nSPS) is 13.2. The van der Waals surface area contributed by atoms with E-state index < -0.39 is 7.82 Å². The molecule has 0 aliphatic carbocycles. The number of rotatable bonds is 12. The summed E-state index contributed by atoms with van der Waals surface area (Å²) in [5.74, 6) is 5.22. The molecule has 0 N–H and O–H groups in total. The highest BCUT2D eigenvalue weighted by atomic mass is 31.2. The Hall–Kier alpha value is -3.73. The van der Waals surface area contributed by atoms with E-state index in [0.29, 0.717) is 22.3 Å². The highest BCUT2D eigenvalue weighted by Gasteiger charge is 2.31. The molecule has 46 heavy (non-hydrogen) atoms. The lowest BCUT2D eigenvalue weighted by atomic mass is 9.89. The lowest BCUT2D eigenvalue weighted by Gasteiger charge is -2.39. The maximum absolute atomic E-state index is 12.7. The van der Waals surface area contributed by atoms with Gasteiger partial charge in [-0.1, -0.05) is 114 Å². The third kappa shape index (κ3) is 7.97. The number of benzene rings is 4. The summed E-state index contributed by atoms with van der Waals surface area (Å²) in [6, 6.07) is 18.6. The maximum Gasteiger partial charge on any atom is 0.372 e. The predicted molar refractivity (Wildman–Crippen MR) is 191 cm³/mol. The van der Waals surface area contributed by atoms with E-state index in [2.05, 4.69) is 39.5 Å². The van der Waals surface area contributed by atoms with E-state index in [9.17, 15) is 9.46 Å². The summed E-state index contributed by atoms with van der Waals surface area (Å²) in [4.78, 5) is 12.7. The first-order valence-electron chi connectivity index (χ1n) is 16.9. The quantitative estimate of drug-likeness (QED) is 0.0882. The van der Waals surface area contributed by atoms with Crippen LogP contribution in [0.25, 0.3) is 32.7 Å². The number of hydrogen-bond acceptors (Lipinski definition) is 4. The molecule has 0 fully saturated rings. The number of quaternary nitrogens is 1. The van der Waals surface area contributed by atoms with Crippen molar-refractivity contribution < 1.29 is 23.0 Å². The van der Waals surface area contributed by atoms with Crippen molar-refractivity contribution in [2.75, 3.05) is 26.2 Å². The third-order valence-electron chi connectivity index (χ3n) is 8.91. The van der Waals surface area contributed by atoms with Gasteiger partial charge in [0.2, 0.25) is 0 Å². The van der Waals surface area contributed by atoms with Crippen molar-refractivity contribution in [1.82, 2.24) is 0 Å². The summed E-state index contributed by atoms with van der Waals surface area (Å²) in [6.45, 7) is 15.0. The third-order valence-corrected chi connectivity index (χ3v) is 9.73. The van der Waals surface area contributed by atoms with Crippen molar-refractivity contribution >= 4 is 29.4 Å². The van der Waals surface area contributed by atoms with Crippen LogP contribution in [-0.2, 0) is 4.57 Å². The number of phosphoric ester groups is 1. The van der Waals surface area contributed by atoms with Gasteiger partial charge in [0.25, 0.3) is 0 Å². The molecule has 4 aromatic rings. The van der Waals surface area contributed by atoms with Crippen molar-refractivity contribution in [3.05, 3.63) is 71.8 Å². The minimum atomic E-state index is -4.77. The molecule has 1 aliphatic rings. The second-order valence-electron chi connectivity index (χ2n) is 12.3. The first kappa shape index (κ1) is 35.1. The van der Waals surface area contributed by atoms with Gasteiger partial charge in [0.1, 0.15) is 0 Å². The number of unbranched alkanes of at least 4 members (excludes halogenated alkanes) is 4. The molecule has 0 saturated carbocycles. The SMILES string of the molecule is C#Cc1cc2ccccc2c2c1OP(=O)([O-])Oc1c(C#C)cc3ccccc3c1-2.CCCC[N+](CCCC)(CCCC)CCCC. The van der Waals surface area contributed by atoms with Crippen LogP contribution in [0, 0.1) is 24.7 Å². The van der Waals surface area contributed by atoms with Crippen molar-refractivity contribution in [3.63, 3.8) is 0 Å². The Morgan fingerprint density at radius 3 is 1.33 bits per heavy atom. The number of nitrogens with zero attached hydrogens (tertiary/aromatic N) is 1. The zero-order valence-corrected chi connectivity index (χ0v) is 28.8. The fraction of sp³-hybridized carbons (Fsp3) is 0.400. The molecule has 5 rings (SSSR count). The van der Waals surface area contributed by atoms with E-state index in [1.165, 1.54) is 82.0 Å². The van der Waals surface area contributed by atoms with Gasteiger partial charge in [-0.25, -0.2) is 4.57 Å². The van der Waals surface area contributed by atoms with Crippen LogP contribution in [0.1, 0.15) is 90.2 Å². The highest BCUT2D eigenvalue weighted by molar-refractivity contribution is 7.46. The Balaban J connectivity index is 0.000000244. The van der Waals surface area contributed by atoms with Crippen LogP contribution in [-0.4, -0.2) is 30.7 Å². The number of phosphoric acid groups is 1. The molecule has 0 atom stereocenters. The van der Waals surface area contributed by atoms with E-state index in [1.54, 1.807) is 12.1 Å². The Morgan fingerprint density at radius 1 is 0.652 bits per heavy atom. The van der Waals surface area contributed by atoms with Crippen molar-refractivity contribution in [3.8, 4) is 47.3 Å². The van der Waals surface area contributed by atoms with Gasteiger partial charge in [-0.3, -0.25) is 0 Å². The van der Waals surface area contributed by atoms with Crippen molar-refractivity contribution in [1.29, 1.82) is 0 Å². The molecule has 1 aliphatic heterocycles. The minimum absolute atomic E-state index is 0.0719. The van der Waals surface area contributed by atoms with E-state index in [1.807, 2.05) is 48.5 Å². The Morgan fingerprint density at radius 2 is 1.00 bits per heavy atom.